The maximum atomic E-state index is 13.9. The first-order chi connectivity index (χ1) is 9.27. The molecule has 1 aromatic carbocycles. The highest BCUT2D eigenvalue weighted by Crippen LogP contribution is 2.25. The molecule has 0 saturated heterocycles. The van der Waals surface area contributed by atoms with Gasteiger partial charge in [0.25, 0.3) is 0 Å². The Morgan fingerprint density at radius 2 is 2.15 bits per heavy atom. The summed E-state index contributed by atoms with van der Waals surface area (Å²) >= 11 is 1.52. The van der Waals surface area contributed by atoms with Crippen LogP contribution in [0.1, 0.15) is 22.9 Å². The van der Waals surface area contributed by atoms with E-state index in [0.29, 0.717) is 0 Å². The van der Waals surface area contributed by atoms with Crippen LogP contribution in [0.3, 0.4) is 0 Å². The van der Waals surface area contributed by atoms with E-state index in [4.69, 9.17) is 5.14 Å². The van der Waals surface area contributed by atoms with Gasteiger partial charge >= 0.3 is 0 Å². The van der Waals surface area contributed by atoms with Gasteiger partial charge in [0.1, 0.15) is 10.8 Å². The number of hydrogen-bond acceptors (Lipinski definition) is 5. The Bertz CT molecular complexity index is 728. The summed E-state index contributed by atoms with van der Waals surface area (Å²) < 4.78 is 36.1. The number of aromatic nitrogens is 1. The van der Waals surface area contributed by atoms with Crippen LogP contribution in [0.2, 0.25) is 0 Å². The van der Waals surface area contributed by atoms with E-state index in [9.17, 15) is 12.8 Å². The predicted molar refractivity (Wildman–Crippen MR) is 76.7 cm³/mol. The molecule has 0 radical (unpaired) electrons. The fourth-order valence-electron chi connectivity index (χ4n) is 1.66. The Kier molecular flexibility index (Phi) is 4.07. The van der Waals surface area contributed by atoms with Crippen LogP contribution in [0.4, 0.5) is 10.1 Å². The van der Waals surface area contributed by atoms with Gasteiger partial charge in [0.2, 0.25) is 10.0 Å². The Hall–Kier alpha value is -1.51. The van der Waals surface area contributed by atoms with Gasteiger partial charge in [-0.3, -0.25) is 0 Å². The first kappa shape index (κ1) is 14.9. The van der Waals surface area contributed by atoms with Gasteiger partial charge in [-0.25, -0.2) is 22.9 Å². The summed E-state index contributed by atoms with van der Waals surface area (Å²) in [5.41, 5.74) is 0.206. The number of sulfonamides is 1. The third-order valence-corrected chi connectivity index (χ3v) is 4.66. The number of hydrogen-bond donors (Lipinski definition) is 2. The van der Waals surface area contributed by atoms with Gasteiger partial charge in [-0.05, 0) is 32.0 Å². The number of primary sulfonamides is 1. The summed E-state index contributed by atoms with van der Waals surface area (Å²) in [6.07, 6.45) is 1.75. The third-order valence-electron chi connectivity index (χ3n) is 2.65. The lowest BCUT2D eigenvalue weighted by molar-refractivity contribution is 0.592. The summed E-state index contributed by atoms with van der Waals surface area (Å²) in [5.74, 6) is -0.670. The lowest BCUT2D eigenvalue weighted by Crippen LogP contribution is -2.13. The van der Waals surface area contributed by atoms with E-state index in [1.807, 2.05) is 13.8 Å². The van der Waals surface area contributed by atoms with Crippen molar-refractivity contribution in [2.45, 2.75) is 24.8 Å². The smallest absolute Gasteiger partial charge is 0.238 e. The van der Waals surface area contributed by atoms with Crippen LogP contribution in [0.5, 0.6) is 0 Å². The van der Waals surface area contributed by atoms with Crippen molar-refractivity contribution < 1.29 is 12.8 Å². The van der Waals surface area contributed by atoms with Crippen LogP contribution in [0, 0.1) is 12.7 Å². The molecule has 5 nitrogen and oxygen atoms in total. The normalized spacial score (nSPS) is 13.2. The fourth-order valence-corrected chi connectivity index (χ4v) is 2.96. The highest BCUT2D eigenvalue weighted by atomic mass is 32.2. The van der Waals surface area contributed by atoms with E-state index < -0.39 is 15.8 Å². The second kappa shape index (κ2) is 5.47. The minimum absolute atomic E-state index is 0.177. The number of nitrogens with two attached hydrogens (primary N) is 1. The monoisotopic (exact) mass is 315 g/mol. The lowest BCUT2D eigenvalue weighted by atomic mass is 10.2. The van der Waals surface area contributed by atoms with Gasteiger partial charge in [-0.15, -0.1) is 11.3 Å². The minimum atomic E-state index is -3.90. The number of nitrogens with zero attached hydrogens (tertiary/aromatic N) is 1. The molecule has 0 saturated carbocycles. The molecular formula is C12H14FN3O2S2. The molecule has 0 aliphatic carbocycles. The SMILES string of the molecule is Cc1cnc(C(C)Nc2ccc(S(N)(=O)=O)cc2F)s1. The molecule has 1 heterocycles. The molecule has 0 aliphatic rings. The van der Waals surface area contributed by atoms with Crippen molar-refractivity contribution >= 4 is 27.0 Å². The predicted octanol–water partition coefficient (Wildman–Crippen LogP) is 2.41. The quantitative estimate of drug-likeness (QED) is 0.907. The van der Waals surface area contributed by atoms with E-state index in [-0.39, 0.29) is 16.6 Å². The van der Waals surface area contributed by atoms with Gasteiger partial charge < -0.3 is 5.32 Å². The van der Waals surface area contributed by atoms with Crippen molar-refractivity contribution in [2.75, 3.05) is 5.32 Å². The number of anilines is 1. The number of aryl methyl sites for hydroxylation is 1. The zero-order valence-corrected chi connectivity index (χ0v) is 12.6. The Labute approximate surface area is 120 Å². The molecule has 0 amide bonds. The van der Waals surface area contributed by atoms with Crippen molar-refractivity contribution in [3.8, 4) is 0 Å². The van der Waals surface area contributed by atoms with Gasteiger partial charge in [0.05, 0.1) is 16.6 Å². The Morgan fingerprint density at radius 1 is 1.45 bits per heavy atom. The van der Waals surface area contributed by atoms with E-state index >= 15 is 0 Å². The van der Waals surface area contributed by atoms with Gasteiger partial charge in [-0.1, -0.05) is 0 Å². The molecule has 3 N–H and O–H groups in total. The van der Waals surface area contributed by atoms with Crippen molar-refractivity contribution in [1.29, 1.82) is 0 Å². The molecular weight excluding hydrogens is 301 g/mol. The van der Waals surface area contributed by atoms with Crippen LogP contribution in [-0.4, -0.2) is 13.4 Å². The lowest BCUT2D eigenvalue weighted by Gasteiger charge is -2.13. The standard InChI is InChI=1S/C12H14FN3O2S2/c1-7-6-15-12(19-7)8(2)16-11-4-3-9(5-10(11)13)20(14,17)18/h3-6,8,16H,1-2H3,(H2,14,17,18). The fraction of sp³-hybridized carbons (Fsp3) is 0.250. The first-order valence-electron chi connectivity index (χ1n) is 5.78. The molecule has 8 heteroatoms. The largest absolute Gasteiger partial charge is 0.374 e. The Balaban J connectivity index is 2.22. The van der Waals surface area contributed by atoms with E-state index in [1.165, 1.54) is 23.5 Å². The number of benzene rings is 1. The van der Waals surface area contributed by atoms with Crippen LogP contribution in [0.15, 0.2) is 29.3 Å². The summed E-state index contributed by atoms with van der Waals surface area (Å²) in [7, 11) is -3.90. The molecule has 108 valence electrons. The zero-order valence-electron chi connectivity index (χ0n) is 10.9. The number of thiazole rings is 1. The molecule has 2 rings (SSSR count). The first-order valence-corrected chi connectivity index (χ1v) is 8.15. The number of nitrogens with one attached hydrogen (secondary N) is 1. The second-order valence-electron chi connectivity index (χ2n) is 4.36. The van der Waals surface area contributed by atoms with Crippen molar-refractivity contribution in [2.24, 2.45) is 5.14 Å². The highest BCUT2D eigenvalue weighted by molar-refractivity contribution is 7.89. The van der Waals surface area contributed by atoms with E-state index in [1.54, 1.807) is 6.20 Å². The molecule has 0 fully saturated rings. The maximum absolute atomic E-state index is 13.9. The van der Waals surface area contributed by atoms with Gasteiger partial charge in [0.15, 0.2) is 0 Å². The molecule has 0 bridgehead atoms. The zero-order chi connectivity index (χ0) is 14.9. The molecule has 2 aromatic rings. The number of rotatable bonds is 4. The van der Waals surface area contributed by atoms with E-state index in [0.717, 1.165) is 16.0 Å². The molecule has 1 aromatic heterocycles. The summed E-state index contributed by atoms with van der Waals surface area (Å²) in [4.78, 5) is 5.03. The summed E-state index contributed by atoms with van der Waals surface area (Å²) in [6.45, 7) is 3.79. The molecule has 0 spiro atoms. The van der Waals surface area contributed by atoms with Crippen molar-refractivity contribution in [3.05, 3.63) is 40.1 Å². The molecule has 1 atom stereocenters. The van der Waals surface area contributed by atoms with Crippen LogP contribution in [-0.2, 0) is 10.0 Å². The van der Waals surface area contributed by atoms with E-state index in [2.05, 4.69) is 10.3 Å². The third kappa shape index (κ3) is 3.33. The van der Waals surface area contributed by atoms with Crippen LogP contribution in [0.25, 0.3) is 0 Å². The Morgan fingerprint density at radius 3 is 2.65 bits per heavy atom. The highest BCUT2D eigenvalue weighted by Gasteiger charge is 2.14. The average Bonchev–Trinajstić information content (AvgIpc) is 2.77. The summed E-state index contributed by atoms with van der Waals surface area (Å²) in [6, 6.07) is 3.34. The second-order valence-corrected chi connectivity index (χ2v) is 7.19. The van der Waals surface area contributed by atoms with Gasteiger partial charge in [-0.2, -0.15) is 0 Å². The molecule has 0 aliphatic heterocycles. The molecule has 20 heavy (non-hydrogen) atoms. The molecule has 1 unspecified atom stereocenters. The van der Waals surface area contributed by atoms with Crippen LogP contribution >= 0.6 is 11.3 Å². The van der Waals surface area contributed by atoms with Crippen LogP contribution < -0.4 is 10.5 Å². The maximum Gasteiger partial charge on any atom is 0.238 e. The number of halogens is 1. The minimum Gasteiger partial charge on any atom is -0.374 e. The topological polar surface area (TPSA) is 85.1 Å². The average molecular weight is 315 g/mol. The summed E-state index contributed by atoms with van der Waals surface area (Å²) in [5, 5.41) is 8.73. The van der Waals surface area contributed by atoms with Gasteiger partial charge in [0, 0.05) is 11.1 Å². The van der Waals surface area contributed by atoms with Crippen molar-refractivity contribution in [3.63, 3.8) is 0 Å². The van der Waals surface area contributed by atoms with Crippen molar-refractivity contribution in [1.82, 2.24) is 4.98 Å².